The Kier molecular flexibility index (Phi) is 6.50. The Morgan fingerprint density at radius 3 is 2.40 bits per heavy atom. The zero-order valence-corrected chi connectivity index (χ0v) is 16.0. The van der Waals surface area contributed by atoms with Crippen molar-refractivity contribution in [2.45, 2.75) is 50.4 Å². The molecule has 30 heavy (non-hydrogen) atoms. The van der Waals surface area contributed by atoms with Gasteiger partial charge in [0.15, 0.2) is 0 Å². The minimum atomic E-state index is -5.54. The summed E-state index contributed by atoms with van der Waals surface area (Å²) in [5.41, 5.74) is 1.03. The minimum Gasteiger partial charge on any atom is -0.494 e. The number of hydrogen-bond acceptors (Lipinski definition) is 3. The number of carboxylic acids is 1. The summed E-state index contributed by atoms with van der Waals surface area (Å²) in [4.78, 5) is 10.8. The van der Waals surface area contributed by atoms with Crippen molar-refractivity contribution in [3.8, 4) is 5.75 Å². The zero-order chi connectivity index (χ0) is 21.9. The largest absolute Gasteiger partial charge is 0.494 e. The molecule has 0 aromatic heterocycles. The maximum absolute atomic E-state index is 12.9. The first kappa shape index (κ1) is 22.3. The number of alkyl halides is 5. The van der Waals surface area contributed by atoms with Crippen LogP contribution in [0.3, 0.4) is 0 Å². The van der Waals surface area contributed by atoms with E-state index in [2.05, 4.69) is 5.32 Å². The molecular formula is C21H22F5NO3. The van der Waals surface area contributed by atoms with E-state index in [0.29, 0.717) is 25.1 Å². The number of rotatable bonds is 9. The highest BCUT2D eigenvalue weighted by Crippen LogP contribution is 2.38. The Morgan fingerprint density at radius 2 is 1.73 bits per heavy atom. The highest BCUT2D eigenvalue weighted by Gasteiger charge is 2.56. The van der Waals surface area contributed by atoms with E-state index in [1.54, 1.807) is 18.2 Å². The smallest absolute Gasteiger partial charge is 0.453 e. The Balaban J connectivity index is 1.48. The minimum absolute atomic E-state index is 0.197. The molecule has 9 heteroatoms. The first-order valence-corrected chi connectivity index (χ1v) is 9.61. The second kappa shape index (κ2) is 8.75. The molecule has 0 heterocycles. The van der Waals surface area contributed by atoms with Crippen LogP contribution in [-0.2, 0) is 11.3 Å². The first-order valence-electron chi connectivity index (χ1n) is 9.61. The fourth-order valence-corrected chi connectivity index (χ4v) is 3.35. The van der Waals surface area contributed by atoms with Crippen LogP contribution in [0.5, 0.6) is 5.75 Å². The van der Waals surface area contributed by atoms with Gasteiger partial charge in [0.25, 0.3) is 0 Å². The monoisotopic (exact) mass is 431 g/mol. The lowest BCUT2D eigenvalue weighted by Gasteiger charge is -2.33. The molecule has 1 saturated carbocycles. The van der Waals surface area contributed by atoms with Gasteiger partial charge in [0.1, 0.15) is 5.75 Å². The normalized spacial score (nSPS) is 19.5. The summed E-state index contributed by atoms with van der Waals surface area (Å²) in [6.07, 6.45) is -6.02. The van der Waals surface area contributed by atoms with Gasteiger partial charge in [-0.05, 0) is 53.8 Å². The van der Waals surface area contributed by atoms with Crippen molar-refractivity contribution in [1.29, 1.82) is 0 Å². The summed E-state index contributed by atoms with van der Waals surface area (Å²) in [6.45, 7) is 0.372. The number of ether oxygens (including phenoxy) is 1. The first-order chi connectivity index (χ1) is 14.0. The van der Waals surface area contributed by atoms with Crippen LogP contribution >= 0.6 is 0 Å². The number of carbonyl (C=O) groups is 1. The van der Waals surface area contributed by atoms with Gasteiger partial charge in [0.2, 0.25) is 0 Å². The van der Waals surface area contributed by atoms with E-state index in [1.165, 1.54) is 0 Å². The van der Waals surface area contributed by atoms with E-state index >= 15 is 0 Å². The predicted octanol–water partition coefficient (Wildman–Crippen LogP) is 5.15. The van der Waals surface area contributed by atoms with Crippen LogP contribution in [0.1, 0.15) is 31.2 Å². The number of halogens is 5. The standard InChI is InChI=1S/C21H22F5NO3/c22-20(23,21(24,25)26)6-1-7-30-18-5-4-14-8-13(2-3-15(14)11-18)12-27-17-9-16(10-17)19(28)29/h2-5,8,11,16-17,27H,1,6-7,9-10,12H2,(H,28,29). The van der Waals surface area contributed by atoms with Crippen molar-refractivity contribution < 1.29 is 36.6 Å². The quantitative estimate of drug-likeness (QED) is 0.426. The number of fused-ring (bicyclic) bond motifs is 1. The van der Waals surface area contributed by atoms with Gasteiger partial charge in [-0.3, -0.25) is 4.79 Å². The molecule has 0 unspecified atom stereocenters. The Morgan fingerprint density at radius 1 is 1.07 bits per heavy atom. The molecule has 0 atom stereocenters. The maximum Gasteiger partial charge on any atom is 0.453 e. The summed E-state index contributed by atoms with van der Waals surface area (Å²) in [5.74, 6) is -5.33. The van der Waals surface area contributed by atoms with Crippen LogP contribution < -0.4 is 10.1 Å². The fraction of sp³-hybridized carbons (Fsp3) is 0.476. The topological polar surface area (TPSA) is 58.6 Å². The molecule has 164 valence electrons. The molecule has 0 radical (unpaired) electrons. The van der Waals surface area contributed by atoms with Gasteiger partial charge in [-0.25, -0.2) is 0 Å². The molecule has 0 aliphatic heterocycles. The highest BCUT2D eigenvalue weighted by molar-refractivity contribution is 5.84. The number of nitrogens with one attached hydrogen (secondary N) is 1. The molecule has 1 fully saturated rings. The Labute approximate surface area is 170 Å². The molecule has 2 aromatic carbocycles. The Hall–Kier alpha value is -2.42. The van der Waals surface area contributed by atoms with Crippen molar-refractivity contribution >= 4 is 16.7 Å². The fourth-order valence-electron chi connectivity index (χ4n) is 3.35. The number of hydrogen-bond donors (Lipinski definition) is 2. The van der Waals surface area contributed by atoms with Crippen molar-refractivity contribution in [2.24, 2.45) is 5.92 Å². The summed E-state index contributed by atoms with van der Waals surface area (Å²) in [6, 6.07) is 11.1. The van der Waals surface area contributed by atoms with Gasteiger partial charge in [0.05, 0.1) is 12.5 Å². The van der Waals surface area contributed by atoms with E-state index in [0.717, 1.165) is 16.3 Å². The molecule has 3 rings (SSSR count). The lowest BCUT2D eigenvalue weighted by atomic mass is 9.80. The Bertz CT molecular complexity index is 894. The third kappa shape index (κ3) is 5.38. The maximum atomic E-state index is 12.9. The molecule has 0 saturated heterocycles. The summed E-state index contributed by atoms with van der Waals surface area (Å²) in [5, 5.41) is 14.0. The van der Waals surface area contributed by atoms with Crippen LogP contribution in [0.15, 0.2) is 36.4 Å². The van der Waals surface area contributed by atoms with E-state index < -0.39 is 30.9 Å². The molecule has 2 N–H and O–H groups in total. The lowest BCUT2D eigenvalue weighted by molar-refractivity contribution is -0.284. The van der Waals surface area contributed by atoms with Gasteiger partial charge in [-0.15, -0.1) is 0 Å². The van der Waals surface area contributed by atoms with E-state index in [4.69, 9.17) is 9.84 Å². The molecule has 0 spiro atoms. The third-order valence-corrected chi connectivity index (χ3v) is 5.28. The molecular weight excluding hydrogens is 409 g/mol. The second-order valence-corrected chi connectivity index (χ2v) is 7.58. The molecule has 0 amide bonds. The lowest BCUT2D eigenvalue weighted by Crippen LogP contribution is -2.43. The number of benzene rings is 2. The third-order valence-electron chi connectivity index (χ3n) is 5.28. The molecule has 1 aliphatic rings. The average molecular weight is 431 g/mol. The number of aliphatic carboxylic acids is 1. The van der Waals surface area contributed by atoms with Crippen LogP contribution in [0.2, 0.25) is 0 Å². The van der Waals surface area contributed by atoms with E-state index in [1.807, 2.05) is 18.2 Å². The number of carboxylic acid groups (broad SMARTS) is 1. The van der Waals surface area contributed by atoms with Gasteiger partial charge in [-0.2, -0.15) is 22.0 Å². The summed E-state index contributed by atoms with van der Waals surface area (Å²) < 4.78 is 67.5. The second-order valence-electron chi connectivity index (χ2n) is 7.58. The van der Waals surface area contributed by atoms with Crippen molar-refractivity contribution in [2.75, 3.05) is 6.61 Å². The van der Waals surface area contributed by atoms with Crippen LogP contribution in [0.4, 0.5) is 22.0 Å². The van der Waals surface area contributed by atoms with Gasteiger partial charge >= 0.3 is 18.1 Å². The summed E-state index contributed by atoms with van der Waals surface area (Å²) in [7, 11) is 0. The van der Waals surface area contributed by atoms with Crippen molar-refractivity contribution in [3.63, 3.8) is 0 Å². The van der Waals surface area contributed by atoms with Crippen LogP contribution in [-0.4, -0.2) is 35.8 Å². The molecule has 1 aliphatic carbocycles. The van der Waals surface area contributed by atoms with Crippen molar-refractivity contribution in [3.05, 3.63) is 42.0 Å². The van der Waals surface area contributed by atoms with Gasteiger partial charge in [-0.1, -0.05) is 18.2 Å². The highest BCUT2D eigenvalue weighted by atomic mass is 19.4. The summed E-state index contributed by atoms with van der Waals surface area (Å²) >= 11 is 0. The van der Waals surface area contributed by atoms with Crippen LogP contribution in [0.25, 0.3) is 10.8 Å². The SMILES string of the molecule is O=C(O)C1CC(NCc2ccc3cc(OCCCC(F)(F)C(F)(F)F)ccc3c2)C1. The molecule has 2 aromatic rings. The van der Waals surface area contributed by atoms with Gasteiger partial charge in [0, 0.05) is 19.0 Å². The molecule has 4 nitrogen and oxygen atoms in total. The zero-order valence-electron chi connectivity index (χ0n) is 16.0. The van der Waals surface area contributed by atoms with Crippen molar-refractivity contribution in [1.82, 2.24) is 5.32 Å². The predicted molar refractivity (Wildman–Crippen MR) is 101 cm³/mol. The molecule has 0 bridgehead atoms. The van der Waals surface area contributed by atoms with Crippen LogP contribution in [0, 0.1) is 5.92 Å². The van der Waals surface area contributed by atoms with Gasteiger partial charge < -0.3 is 15.2 Å². The van der Waals surface area contributed by atoms with E-state index in [-0.39, 0.29) is 18.6 Å². The van der Waals surface area contributed by atoms with E-state index in [9.17, 15) is 26.7 Å². The average Bonchev–Trinajstić information content (AvgIpc) is 2.62.